The van der Waals surface area contributed by atoms with Crippen molar-refractivity contribution in [1.29, 1.82) is 0 Å². The van der Waals surface area contributed by atoms with Crippen LogP contribution < -0.4 is 5.14 Å². The summed E-state index contributed by atoms with van der Waals surface area (Å²) in [5.74, 6) is -3.22. The molecule has 0 aliphatic heterocycles. The molecule has 3 N–H and O–H groups in total. The van der Waals surface area contributed by atoms with Crippen LogP contribution in [-0.2, 0) is 16.4 Å². The van der Waals surface area contributed by atoms with Crippen molar-refractivity contribution in [2.24, 2.45) is 5.14 Å². The molecule has 13 heteroatoms. The molecule has 0 saturated carbocycles. The van der Waals surface area contributed by atoms with Gasteiger partial charge in [-0.05, 0) is 58.5 Å². The average Bonchev–Trinajstić information content (AvgIpc) is 3.36. The van der Waals surface area contributed by atoms with Crippen LogP contribution in [0.5, 0.6) is 0 Å². The molecule has 2 aromatic heterocycles. The second kappa shape index (κ2) is 8.89. The van der Waals surface area contributed by atoms with Gasteiger partial charge in [0.2, 0.25) is 15.2 Å². The van der Waals surface area contributed by atoms with E-state index in [1.165, 1.54) is 28.3 Å². The number of nitrogens with two attached hydrogens (primary N) is 1. The zero-order valence-electron chi connectivity index (χ0n) is 16.4. The van der Waals surface area contributed by atoms with Gasteiger partial charge in [-0.25, -0.2) is 32.1 Å². The Morgan fingerprint density at radius 1 is 1.15 bits per heavy atom. The van der Waals surface area contributed by atoms with Gasteiger partial charge in [-0.15, -0.1) is 11.3 Å². The summed E-state index contributed by atoms with van der Waals surface area (Å²) in [6.45, 7) is 0. The van der Waals surface area contributed by atoms with E-state index in [9.17, 15) is 22.0 Å². The molecule has 0 atom stereocenters. The standard InChI is InChI=1S/C20H13F2IN4O4S2/c21-14-6-3-11(8-15(14)22)17-13(7-10-1-4-12(5-2-10)33(24,30)31)18(23)27(26-17)20-25-16(9-32-20)19(28)29/h1-6,8-9H,7H2,(H,28,29)(H2,24,30,31). The highest BCUT2D eigenvalue weighted by Gasteiger charge is 2.22. The van der Waals surface area contributed by atoms with E-state index in [1.54, 1.807) is 12.1 Å². The number of hydrogen-bond acceptors (Lipinski definition) is 6. The van der Waals surface area contributed by atoms with E-state index in [2.05, 4.69) is 10.1 Å². The van der Waals surface area contributed by atoms with Crippen molar-refractivity contribution in [2.45, 2.75) is 11.3 Å². The van der Waals surface area contributed by atoms with Gasteiger partial charge in [-0.1, -0.05) is 12.1 Å². The number of hydrogen-bond donors (Lipinski definition) is 2. The van der Waals surface area contributed by atoms with E-state index in [-0.39, 0.29) is 22.1 Å². The molecule has 0 fully saturated rings. The maximum Gasteiger partial charge on any atom is 0.355 e. The van der Waals surface area contributed by atoms with Gasteiger partial charge in [0.05, 0.1) is 10.6 Å². The number of halogens is 3. The third kappa shape index (κ3) is 4.80. The lowest BCUT2D eigenvalue weighted by Crippen LogP contribution is -2.11. The van der Waals surface area contributed by atoms with Crippen LogP contribution in [0.25, 0.3) is 16.4 Å². The van der Waals surface area contributed by atoms with Crippen LogP contribution in [0, 0.1) is 15.3 Å². The largest absolute Gasteiger partial charge is 0.476 e. The second-order valence-corrected chi connectivity index (χ2v) is 10.3. The van der Waals surface area contributed by atoms with Crippen LogP contribution in [0.1, 0.15) is 21.6 Å². The Labute approximate surface area is 203 Å². The normalized spacial score (nSPS) is 11.6. The summed E-state index contributed by atoms with van der Waals surface area (Å²) < 4.78 is 52.5. The van der Waals surface area contributed by atoms with Gasteiger partial charge in [0.25, 0.3) is 0 Å². The van der Waals surface area contributed by atoms with E-state index < -0.39 is 27.6 Å². The van der Waals surface area contributed by atoms with E-state index in [0.717, 1.165) is 23.5 Å². The number of primary sulfonamides is 1. The topological polar surface area (TPSA) is 128 Å². The minimum atomic E-state index is -3.85. The highest BCUT2D eigenvalue weighted by Crippen LogP contribution is 2.32. The summed E-state index contributed by atoms with van der Waals surface area (Å²) in [6, 6.07) is 9.34. The minimum Gasteiger partial charge on any atom is -0.476 e. The van der Waals surface area contributed by atoms with Crippen molar-refractivity contribution in [3.05, 3.63) is 80.0 Å². The lowest BCUT2D eigenvalue weighted by molar-refractivity contribution is 0.0691. The zero-order valence-corrected chi connectivity index (χ0v) is 20.2. The molecule has 0 radical (unpaired) electrons. The number of rotatable bonds is 6. The number of sulfonamides is 1. The summed E-state index contributed by atoms with van der Waals surface area (Å²) in [4.78, 5) is 15.2. The molecule has 0 spiro atoms. The summed E-state index contributed by atoms with van der Waals surface area (Å²) >= 11 is 3.08. The Balaban J connectivity index is 1.83. The maximum absolute atomic E-state index is 13.9. The third-order valence-electron chi connectivity index (χ3n) is 4.64. The molecule has 0 bridgehead atoms. The van der Waals surface area contributed by atoms with Gasteiger partial charge in [-0.2, -0.15) is 9.78 Å². The molecule has 4 rings (SSSR count). The van der Waals surface area contributed by atoms with Crippen LogP contribution >= 0.6 is 33.9 Å². The lowest BCUT2D eigenvalue weighted by Gasteiger charge is -2.06. The van der Waals surface area contributed by atoms with Crippen molar-refractivity contribution in [3.8, 4) is 16.4 Å². The lowest BCUT2D eigenvalue weighted by atomic mass is 10.0. The molecule has 170 valence electrons. The number of thiazole rings is 1. The van der Waals surface area contributed by atoms with E-state index in [4.69, 9.17) is 10.2 Å². The highest BCUT2D eigenvalue weighted by molar-refractivity contribution is 14.1. The van der Waals surface area contributed by atoms with Crippen molar-refractivity contribution in [1.82, 2.24) is 14.8 Å². The van der Waals surface area contributed by atoms with Crippen molar-refractivity contribution in [2.75, 3.05) is 0 Å². The predicted molar refractivity (Wildman–Crippen MR) is 125 cm³/mol. The van der Waals surface area contributed by atoms with Crippen LogP contribution in [-0.4, -0.2) is 34.3 Å². The molecule has 2 heterocycles. The molecule has 0 unspecified atom stereocenters. The van der Waals surface area contributed by atoms with E-state index >= 15 is 0 Å². The Morgan fingerprint density at radius 3 is 2.42 bits per heavy atom. The molecule has 33 heavy (non-hydrogen) atoms. The molecular weight excluding hydrogens is 589 g/mol. The molecule has 0 aliphatic rings. The van der Waals surface area contributed by atoms with Crippen LogP contribution in [0.4, 0.5) is 8.78 Å². The molecule has 0 aliphatic carbocycles. The number of benzene rings is 2. The first-order valence-electron chi connectivity index (χ1n) is 9.08. The zero-order chi connectivity index (χ0) is 23.9. The maximum atomic E-state index is 13.9. The third-order valence-corrected chi connectivity index (χ3v) is 7.49. The van der Waals surface area contributed by atoms with Gasteiger partial charge in [0.1, 0.15) is 3.70 Å². The summed E-state index contributed by atoms with van der Waals surface area (Å²) in [6.07, 6.45) is 0.272. The number of carboxylic acids is 1. The molecule has 2 aromatic carbocycles. The first kappa shape index (κ1) is 23.4. The van der Waals surface area contributed by atoms with Crippen molar-refractivity contribution in [3.63, 3.8) is 0 Å². The van der Waals surface area contributed by atoms with Gasteiger partial charge in [0.15, 0.2) is 17.3 Å². The van der Waals surface area contributed by atoms with E-state index in [1.807, 2.05) is 22.6 Å². The second-order valence-electron chi connectivity index (χ2n) is 6.84. The van der Waals surface area contributed by atoms with Gasteiger partial charge >= 0.3 is 5.97 Å². The van der Waals surface area contributed by atoms with E-state index in [0.29, 0.717) is 26.1 Å². The first-order valence-corrected chi connectivity index (χ1v) is 12.6. The monoisotopic (exact) mass is 602 g/mol. The predicted octanol–water partition coefficient (Wildman–Crippen LogP) is 3.82. The fraction of sp³-hybridized carbons (Fsp3) is 0.0500. The number of aromatic carboxylic acids is 1. The Kier molecular flexibility index (Phi) is 6.30. The fourth-order valence-corrected chi connectivity index (χ4v) is 5.26. The van der Waals surface area contributed by atoms with Crippen LogP contribution in [0.2, 0.25) is 0 Å². The van der Waals surface area contributed by atoms with Gasteiger partial charge < -0.3 is 5.11 Å². The smallest absolute Gasteiger partial charge is 0.355 e. The van der Waals surface area contributed by atoms with Gasteiger partial charge in [0, 0.05) is 22.9 Å². The first-order chi connectivity index (χ1) is 15.5. The Morgan fingerprint density at radius 2 is 1.85 bits per heavy atom. The molecule has 0 saturated heterocycles. The molecule has 0 amide bonds. The van der Waals surface area contributed by atoms with Gasteiger partial charge in [-0.3, -0.25) is 0 Å². The number of nitrogens with zero attached hydrogens (tertiary/aromatic N) is 3. The van der Waals surface area contributed by atoms with Crippen LogP contribution in [0.3, 0.4) is 0 Å². The average molecular weight is 602 g/mol. The molecule has 8 nitrogen and oxygen atoms in total. The summed E-state index contributed by atoms with van der Waals surface area (Å²) in [5, 5.41) is 20.5. The SMILES string of the molecule is NS(=O)(=O)c1ccc(Cc2c(-c3ccc(F)c(F)c3)nn(-c3nc(C(=O)O)cs3)c2I)cc1. The number of carbonyl (C=O) groups is 1. The minimum absolute atomic E-state index is 0.0403. The number of carboxylic acid groups (broad SMARTS) is 1. The van der Waals surface area contributed by atoms with Crippen molar-refractivity contribution < 1.29 is 27.1 Å². The fourth-order valence-electron chi connectivity index (χ4n) is 3.05. The Bertz CT molecular complexity index is 1480. The summed E-state index contributed by atoms with van der Waals surface area (Å²) in [7, 11) is -3.85. The molecule has 4 aromatic rings. The quantitative estimate of drug-likeness (QED) is 0.323. The Hall–Kier alpha value is -2.75. The molecular formula is C20H13F2IN4O4S2. The van der Waals surface area contributed by atoms with Crippen LogP contribution in [0.15, 0.2) is 52.7 Å². The van der Waals surface area contributed by atoms with Crippen molar-refractivity contribution >= 4 is 49.9 Å². The highest BCUT2D eigenvalue weighted by atomic mass is 127. The number of aromatic nitrogens is 3. The summed E-state index contributed by atoms with van der Waals surface area (Å²) in [5.41, 5.74) is 1.87.